The van der Waals surface area contributed by atoms with Crippen LogP contribution in [0, 0.1) is 5.82 Å². The molecule has 0 aliphatic carbocycles. The van der Waals surface area contributed by atoms with Crippen molar-refractivity contribution in [3.63, 3.8) is 0 Å². The molecule has 2 amide bonds. The Labute approximate surface area is 158 Å². The standard InChI is InChI=1S/C18H16FN5O2S/c19-13-6-1-2-7-16(13)27-12-5-3-4-11(8-12)24-10-14(22-18(21)26)17(23-24)15(25)9-20/h1-8,10H,9,20H2,(H3,21,22,26). The Morgan fingerprint density at radius 1 is 1.19 bits per heavy atom. The number of primary amides is 1. The first-order valence-corrected chi connectivity index (χ1v) is 8.72. The smallest absolute Gasteiger partial charge is 0.316 e. The number of benzene rings is 2. The fourth-order valence-electron chi connectivity index (χ4n) is 2.38. The maximum Gasteiger partial charge on any atom is 0.316 e. The van der Waals surface area contributed by atoms with Gasteiger partial charge < -0.3 is 16.8 Å². The minimum Gasteiger partial charge on any atom is -0.351 e. The summed E-state index contributed by atoms with van der Waals surface area (Å²) < 4.78 is 15.3. The average molecular weight is 385 g/mol. The van der Waals surface area contributed by atoms with Crippen LogP contribution in [0.15, 0.2) is 64.5 Å². The minimum atomic E-state index is -0.815. The zero-order valence-electron chi connectivity index (χ0n) is 14.1. The van der Waals surface area contributed by atoms with Gasteiger partial charge in [-0.1, -0.05) is 30.0 Å². The van der Waals surface area contributed by atoms with Gasteiger partial charge in [0, 0.05) is 9.79 Å². The number of aromatic nitrogens is 2. The highest BCUT2D eigenvalue weighted by molar-refractivity contribution is 7.99. The second-order valence-corrected chi connectivity index (χ2v) is 6.60. The molecule has 27 heavy (non-hydrogen) atoms. The molecule has 0 bridgehead atoms. The third-order valence-electron chi connectivity index (χ3n) is 3.57. The Morgan fingerprint density at radius 3 is 2.67 bits per heavy atom. The van der Waals surface area contributed by atoms with Gasteiger partial charge in [-0.05, 0) is 30.3 Å². The molecule has 0 saturated heterocycles. The predicted octanol–water partition coefficient (Wildman–Crippen LogP) is 2.79. The fourth-order valence-corrected chi connectivity index (χ4v) is 3.27. The third-order valence-corrected chi connectivity index (χ3v) is 4.61. The number of urea groups is 1. The lowest BCUT2D eigenvalue weighted by atomic mass is 10.2. The van der Waals surface area contributed by atoms with Crippen LogP contribution < -0.4 is 16.8 Å². The number of carbonyl (C=O) groups excluding carboxylic acids is 2. The van der Waals surface area contributed by atoms with Crippen molar-refractivity contribution in [1.29, 1.82) is 0 Å². The van der Waals surface area contributed by atoms with Gasteiger partial charge in [0.05, 0.1) is 24.1 Å². The van der Waals surface area contributed by atoms with Crippen molar-refractivity contribution in [2.75, 3.05) is 11.9 Å². The highest BCUT2D eigenvalue weighted by atomic mass is 32.2. The Hall–Kier alpha value is -3.17. The van der Waals surface area contributed by atoms with Crippen LogP contribution in [-0.4, -0.2) is 28.1 Å². The number of hydrogen-bond donors (Lipinski definition) is 3. The van der Waals surface area contributed by atoms with E-state index in [-0.39, 0.29) is 23.7 Å². The summed E-state index contributed by atoms with van der Waals surface area (Å²) in [6.07, 6.45) is 1.47. The molecule has 3 rings (SSSR count). The quantitative estimate of drug-likeness (QED) is 0.564. The van der Waals surface area contributed by atoms with Gasteiger partial charge in [0.2, 0.25) is 0 Å². The van der Waals surface area contributed by atoms with E-state index in [1.807, 2.05) is 6.07 Å². The number of hydrogen-bond acceptors (Lipinski definition) is 5. The molecule has 1 heterocycles. The Morgan fingerprint density at radius 2 is 1.96 bits per heavy atom. The van der Waals surface area contributed by atoms with Crippen molar-refractivity contribution in [3.8, 4) is 5.69 Å². The van der Waals surface area contributed by atoms with E-state index in [4.69, 9.17) is 11.5 Å². The van der Waals surface area contributed by atoms with Gasteiger partial charge in [-0.25, -0.2) is 13.9 Å². The largest absolute Gasteiger partial charge is 0.351 e. The van der Waals surface area contributed by atoms with Gasteiger partial charge in [-0.3, -0.25) is 4.79 Å². The molecule has 5 N–H and O–H groups in total. The molecule has 0 fully saturated rings. The molecule has 7 nitrogen and oxygen atoms in total. The van der Waals surface area contributed by atoms with Crippen molar-refractivity contribution < 1.29 is 14.0 Å². The molecule has 0 aliphatic heterocycles. The van der Waals surface area contributed by atoms with Crippen molar-refractivity contribution in [1.82, 2.24) is 9.78 Å². The number of amides is 2. The van der Waals surface area contributed by atoms with E-state index in [1.165, 1.54) is 28.7 Å². The zero-order valence-corrected chi connectivity index (χ0v) is 14.9. The molecule has 0 radical (unpaired) electrons. The van der Waals surface area contributed by atoms with Crippen LogP contribution in [0.25, 0.3) is 5.69 Å². The van der Waals surface area contributed by atoms with Crippen LogP contribution in [0.2, 0.25) is 0 Å². The summed E-state index contributed by atoms with van der Waals surface area (Å²) in [7, 11) is 0. The van der Waals surface area contributed by atoms with Gasteiger partial charge in [0.15, 0.2) is 11.5 Å². The lowest BCUT2D eigenvalue weighted by Gasteiger charge is -2.06. The Kier molecular flexibility index (Phi) is 5.53. The van der Waals surface area contributed by atoms with Crippen LogP contribution in [0.1, 0.15) is 10.5 Å². The minimum absolute atomic E-state index is 0.0171. The fraction of sp³-hybridized carbons (Fsp3) is 0.0556. The summed E-state index contributed by atoms with van der Waals surface area (Å²) >= 11 is 1.26. The maximum atomic E-state index is 13.9. The first-order valence-electron chi connectivity index (χ1n) is 7.90. The lowest BCUT2D eigenvalue weighted by molar-refractivity contribution is 0.0997. The van der Waals surface area contributed by atoms with Gasteiger partial charge in [-0.15, -0.1) is 0 Å². The number of nitrogens with two attached hydrogens (primary N) is 2. The predicted molar refractivity (Wildman–Crippen MR) is 101 cm³/mol. The van der Waals surface area contributed by atoms with E-state index in [0.29, 0.717) is 10.6 Å². The molecular formula is C18H16FN5O2S. The summed E-state index contributed by atoms with van der Waals surface area (Å²) in [4.78, 5) is 24.4. The second-order valence-electron chi connectivity index (χ2n) is 5.48. The van der Waals surface area contributed by atoms with E-state index in [2.05, 4.69) is 10.4 Å². The van der Waals surface area contributed by atoms with Crippen molar-refractivity contribution >= 4 is 29.3 Å². The summed E-state index contributed by atoms with van der Waals surface area (Å²) in [5.41, 5.74) is 11.3. The number of Topliss-reactive ketones (excluding diaryl/α,β-unsaturated/α-hetero) is 1. The highest BCUT2D eigenvalue weighted by Crippen LogP contribution is 2.31. The lowest BCUT2D eigenvalue weighted by Crippen LogP contribution is -2.22. The molecule has 0 aliphatic rings. The molecule has 0 spiro atoms. The zero-order chi connectivity index (χ0) is 19.4. The molecule has 0 saturated carbocycles. The molecule has 1 aromatic heterocycles. The number of rotatable bonds is 6. The highest BCUT2D eigenvalue weighted by Gasteiger charge is 2.17. The van der Waals surface area contributed by atoms with E-state index < -0.39 is 11.8 Å². The first kappa shape index (κ1) is 18.6. The normalized spacial score (nSPS) is 10.6. The Balaban J connectivity index is 1.95. The monoisotopic (exact) mass is 385 g/mol. The molecule has 0 atom stereocenters. The maximum absolute atomic E-state index is 13.9. The van der Waals surface area contributed by atoms with Crippen LogP contribution >= 0.6 is 11.8 Å². The van der Waals surface area contributed by atoms with E-state index in [1.54, 1.807) is 36.4 Å². The van der Waals surface area contributed by atoms with Gasteiger partial charge in [0.25, 0.3) is 0 Å². The van der Waals surface area contributed by atoms with Gasteiger partial charge in [-0.2, -0.15) is 5.10 Å². The van der Waals surface area contributed by atoms with Crippen LogP contribution in [0.3, 0.4) is 0 Å². The molecule has 9 heteroatoms. The van der Waals surface area contributed by atoms with Crippen molar-refractivity contribution in [2.45, 2.75) is 9.79 Å². The Bertz CT molecular complexity index is 1000. The number of ketones is 1. The SMILES string of the molecule is NCC(=O)c1nn(-c2cccc(Sc3ccccc3F)c2)cc1NC(N)=O. The number of nitrogens with zero attached hydrogens (tertiary/aromatic N) is 2. The van der Waals surface area contributed by atoms with Crippen molar-refractivity contribution in [2.24, 2.45) is 11.5 Å². The molecule has 0 unspecified atom stereocenters. The number of carbonyl (C=O) groups is 2. The van der Waals surface area contributed by atoms with Gasteiger partial charge in [0.1, 0.15) is 5.82 Å². The number of anilines is 1. The van der Waals surface area contributed by atoms with Gasteiger partial charge >= 0.3 is 6.03 Å². The number of halogens is 1. The molecule has 2 aromatic carbocycles. The van der Waals surface area contributed by atoms with Crippen LogP contribution in [-0.2, 0) is 0 Å². The second kappa shape index (κ2) is 8.02. The summed E-state index contributed by atoms with van der Waals surface area (Å²) in [5, 5.41) is 6.57. The van der Waals surface area contributed by atoms with E-state index >= 15 is 0 Å². The molecular weight excluding hydrogens is 369 g/mol. The van der Waals surface area contributed by atoms with Crippen LogP contribution in [0.5, 0.6) is 0 Å². The summed E-state index contributed by atoms with van der Waals surface area (Å²) in [6.45, 7) is -0.256. The average Bonchev–Trinajstić information content (AvgIpc) is 3.06. The van der Waals surface area contributed by atoms with Crippen LogP contribution in [0.4, 0.5) is 14.9 Å². The molecule has 138 valence electrons. The third kappa shape index (κ3) is 4.33. The summed E-state index contributed by atoms with van der Waals surface area (Å²) in [6, 6.07) is 12.8. The van der Waals surface area contributed by atoms with E-state index in [9.17, 15) is 14.0 Å². The summed E-state index contributed by atoms with van der Waals surface area (Å²) in [5.74, 6) is -0.745. The van der Waals surface area contributed by atoms with Crippen molar-refractivity contribution in [3.05, 3.63) is 66.2 Å². The number of nitrogens with one attached hydrogen (secondary N) is 1. The molecule has 3 aromatic rings. The first-order chi connectivity index (χ1) is 13.0. The topological polar surface area (TPSA) is 116 Å². The van der Waals surface area contributed by atoms with E-state index in [0.717, 1.165) is 4.90 Å².